The van der Waals surface area contributed by atoms with E-state index in [1.165, 1.54) is 24.8 Å². The van der Waals surface area contributed by atoms with Crippen molar-refractivity contribution in [2.45, 2.75) is 46.1 Å². The Bertz CT molecular complexity index is 379. The number of benzene rings is 1. The zero-order valence-corrected chi connectivity index (χ0v) is 11.1. The first-order chi connectivity index (χ1) is 8.04. The molecule has 0 bridgehead atoms. The van der Waals surface area contributed by atoms with Gasteiger partial charge < -0.3 is 10.5 Å². The second-order valence-electron chi connectivity index (χ2n) is 5.68. The minimum atomic E-state index is 0.356. The van der Waals surface area contributed by atoms with Crippen LogP contribution in [-0.4, -0.2) is 6.10 Å². The molecule has 0 saturated heterocycles. The summed E-state index contributed by atoms with van der Waals surface area (Å²) in [5.41, 5.74) is 7.76. The lowest BCUT2D eigenvalue weighted by molar-refractivity contribution is 0.100. The summed E-state index contributed by atoms with van der Waals surface area (Å²) in [4.78, 5) is 0. The largest absolute Gasteiger partial charge is 0.490 e. The number of hydrogen-bond acceptors (Lipinski definition) is 2. The number of hydrogen-bond donors (Lipinski definition) is 1. The number of rotatable bonds is 2. The fourth-order valence-electron chi connectivity index (χ4n) is 2.89. The topological polar surface area (TPSA) is 35.2 Å². The van der Waals surface area contributed by atoms with E-state index in [-0.39, 0.29) is 0 Å². The lowest BCUT2D eigenvalue weighted by Crippen LogP contribution is -2.28. The maximum absolute atomic E-state index is 6.13. The van der Waals surface area contributed by atoms with Crippen molar-refractivity contribution in [2.24, 2.45) is 11.8 Å². The molecule has 0 spiro atoms. The fraction of sp³-hybridized carbons (Fsp3) is 0.600. The third kappa shape index (κ3) is 3.15. The van der Waals surface area contributed by atoms with Gasteiger partial charge in [-0.1, -0.05) is 19.9 Å². The Balaban J connectivity index is 2.07. The average Bonchev–Trinajstić information content (AvgIpc) is 2.22. The smallest absolute Gasteiger partial charge is 0.124 e. The molecule has 2 atom stereocenters. The molecule has 2 unspecified atom stereocenters. The molecule has 0 radical (unpaired) electrons. The molecule has 1 aromatic rings. The monoisotopic (exact) mass is 233 g/mol. The Morgan fingerprint density at radius 3 is 2.41 bits per heavy atom. The van der Waals surface area contributed by atoms with Crippen LogP contribution < -0.4 is 10.5 Å². The molecule has 0 aromatic heterocycles. The normalized spacial score (nSPS) is 29.0. The van der Waals surface area contributed by atoms with Crippen molar-refractivity contribution in [3.8, 4) is 5.75 Å². The van der Waals surface area contributed by atoms with Crippen LogP contribution in [0.2, 0.25) is 0 Å². The lowest BCUT2D eigenvalue weighted by Gasteiger charge is -2.32. The van der Waals surface area contributed by atoms with Gasteiger partial charge in [-0.05, 0) is 49.7 Å². The van der Waals surface area contributed by atoms with Gasteiger partial charge in [0.15, 0.2) is 0 Å². The maximum atomic E-state index is 6.13. The van der Waals surface area contributed by atoms with Gasteiger partial charge in [0.05, 0.1) is 6.10 Å². The Labute approximate surface area is 104 Å². The van der Waals surface area contributed by atoms with Crippen LogP contribution in [0.4, 0.5) is 5.69 Å². The van der Waals surface area contributed by atoms with Gasteiger partial charge in [0, 0.05) is 11.8 Å². The summed E-state index contributed by atoms with van der Waals surface area (Å²) in [5.74, 6) is 2.49. The zero-order valence-electron chi connectivity index (χ0n) is 11.1. The van der Waals surface area contributed by atoms with E-state index >= 15 is 0 Å². The van der Waals surface area contributed by atoms with Gasteiger partial charge in [-0.2, -0.15) is 0 Å². The van der Waals surface area contributed by atoms with Crippen LogP contribution in [0.1, 0.15) is 38.7 Å². The van der Waals surface area contributed by atoms with Gasteiger partial charge in [0.2, 0.25) is 0 Å². The highest BCUT2D eigenvalue weighted by Crippen LogP contribution is 2.32. The van der Waals surface area contributed by atoms with Crippen LogP contribution in [0.3, 0.4) is 0 Å². The SMILES string of the molecule is Cc1ccc(N)cc1OC1CC(C)CC(C)C1. The van der Waals surface area contributed by atoms with Gasteiger partial charge >= 0.3 is 0 Å². The summed E-state index contributed by atoms with van der Waals surface area (Å²) in [6.07, 6.45) is 4.02. The molecule has 2 heteroatoms. The molecule has 2 N–H and O–H groups in total. The second kappa shape index (κ2) is 4.99. The molecule has 1 fully saturated rings. The van der Waals surface area contributed by atoms with Crippen molar-refractivity contribution in [1.29, 1.82) is 0 Å². The third-order valence-electron chi connectivity index (χ3n) is 3.64. The molecule has 2 rings (SSSR count). The predicted molar refractivity (Wildman–Crippen MR) is 72.2 cm³/mol. The molecule has 1 aromatic carbocycles. The summed E-state index contributed by atoms with van der Waals surface area (Å²) >= 11 is 0. The summed E-state index contributed by atoms with van der Waals surface area (Å²) < 4.78 is 6.13. The van der Waals surface area contributed by atoms with Crippen molar-refractivity contribution < 1.29 is 4.74 Å². The maximum Gasteiger partial charge on any atom is 0.124 e. The van der Waals surface area contributed by atoms with Crippen LogP contribution >= 0.6 is 0 Å². The molecule has 2 nitrogen and oxygen atoms in total. The average molecular weight is 233 g/mol. The van der Waals surface area contributed by atoms with E-state index in [9.17, 15) is 0 Å². The fourth-order valence-corrected chi connectivity index (χ4v) is 2.89. The van der Waals surface area contributed by atoms with E-state index in [1.807, 2.05) is 18.2 Å². The van der Waals surface area contributed by atoms with E-state index in [1.54, 1.807) is 0 Å². The first-order valence-electron chi connectivity index (χ1n) is 6.57. The van der Waals surface area contributed by atoms with Crippen LogP contribution in [0, 0.1) is 18.8 Å². The molecule has 0 amide bonds. The number of nitrogens with two attached hydrogens (primary N) is 1. The summed E-state index contributed by atoms with van der Waals surface area (Å²) in [7, 11) is 0. The quantitative estimate of drug-likeness (QED) is 0.789. The molecule has 17 heavy (non-hydrogen) atoms. The minimum Gasteiger partial charge on any atom is -0.490 e. The lowest BCUT2D eigenvalue weighted by atomic mass is 9.82. The Hall–Kier alpha value is -1.18. The van der Waals surface area contributed by atoms with E-state index in [0.717, 1.165) is 23.3 Å². The number of nitrogen functional groups attached to an aromatic ring is 1. The van der Waals surface area contributed by atoms with E-state index in [0.29, 0.717) is 6.10 Å². The zero-order chi connectivity index (χ0) is 12.4. The molecule has 1 aliphatic carbocycles. The number of ether oxygens (including phenoxy) is 1. The molecule has 1 saturated carbocycles. The Morgan fingerprint density at radius 2 is 1.76 bits per heavy atom. The Morgan fingerprint density at radius 1 is 1.12 bits per heavy atom. The predicted octanol–water partition coefficient (Wildman–Crippen LogP) is 3.78. The highest BCUT2D eigenvalue weighted by Gasteiger charge is 2.25. The molecular formula is C15H23NO. The van der Waals surface area contributed by atoms with Crippen molar-refractivity contribution >= 4 is 5.69 Å². The molecule has 0 aliphatic heterocycles. The van der Waals surface area contributed by atoms with Crippen molar-refractivity contribution in [3.05, 3.63) is 23.8 Å². The molecule has 1 aliphatic rings. The van der Waals surface area contributed by atoms with Crippen LogP contribution in [0.25, 0.3) is 0 Å². The highest BCUT2D eigenvalue weighted by atomic mass is 16.5. The number of aryl methyl sites for hydroxylation is 1. The summed E-state index contributed by atoms with van der Waals surface area (Å²) in [5, 5.41) is 0. The standard InChI is InChI=1S/C15H23NO/c1-10-6-11(2)8-14(7-10)17-15-9-13(16)5-4-12(15)3/h4-5,9-11,14H,6-8,16H2,1-3H3. The molecular weight excluding hydrogens is 210 g/mol. The van der Waals surface area contributed by atoms with Gasteiger partial charge in [-0.15, -0.1) is 0 Å². The van der Waals surface area contributed by atoms with Gasteiger partial charge in [-0.3, -0.25) is 0 Å². The summed E-state index contributed by atoms with van der Waals surface area (Å²) in [6, 6.07) is 5.90. The first kappa shape index (κ1) is 12.3. The molecule has 94 valence electrons. The minimum absolute atomic E-state index is 0.356. The van der Waals surface area contributed by atoms with Crippen LogP contribution in [0.15, 0.2) is 18.2 Å². The van der Waals surface area contributed by atoms with E-state index < -0.39 is 0 Å². The van der Waals surface area contributed by atoms with E-state index in [2.05, 4.69) is 20.8 Å². The van der Waals surface area contributed by atoms with Gasteiger partial charge in [0.1, 0.15) is 5.75 Å². The van der Waals surface area contributed by atoms with Crippen molar-refractivity contribution in [2.75, 3.05) is 5.73 Å². The second-order valence-corrected chi connectivity index (χ2v) is 5.68. The van der Waals surface area contributed by atoms with Crippen molar-refractivity contribution in [3.63, 3.8) is 0 Å². The Kier molecular flexibility index (Phi) is 3.60. The van der Waals surface area contributed by atoms with Crippen molar-refractivity contribution in [1.82, 2.24) is 0 Å². The molecule has 0 heterocycles. The van der Waals surface area contributed by atoms with Crippen LogP contribution in [0.5, 0.6) is 5.75 Å². The van der Waals surface area contributed by atoms with Gasteiger partial charge in [-0.25, -0.2) is 0 Å². The van der Waals surface area contributed by atoms with E-state index in [4.69, 9.17) is 10.5 Å². The highest BCUT2D eigenvalue weighted by molar-refractivity contribution is 5.48. The number of anilines is 1. The first-order valence-corrected chi connectivity index (χ1v) is 6.57. The third-order valence-corrected chi connectivity index (χ3v) is 3.64. The van der Waals surface area contributed by atoms with Gasteiger partial charge in [0.25, 0.3) is 0 Å². The summed E-state index contributed by atoms with van der Waals surface area (Å²) in [6.45, 7) is 6.71. The van der Waals surface area contributed by atoms with Crippen LogP contribution in [-0.2, 0) is 0 Å².